The van der Waals surface area contributed by atoms with Gasteiger partial charge in [0.25, 0.3) is 5.69 Å². The van der Waals surface area contributed by atoms with Crippen LogP contribution in [0.3, 0.4) is 0 Å². The van der Waals surface area contributed by atoms with Gasteiger partial charge in [-0.1, -0.05) is 36.4 Å². The van der Waals surface area contributed by atoms with E-state index in [4.69, 9.17) is 4.74 Å². The number of hydrogen-bond acceptors (Lipinski definition) is 4. The summed E-state index contributed by atoms with van der Waals surface area (Å²) in [6, 6.07) is 19.3. The number of hydrogen-bond donors (Lipinski definition) is 1. The molecular formula is C20H20N2O3. The summed E-state index contributed by atoms with van der Waals surface area (Å²) < 4.78 is 5.57. The van der Waals surface area contributed by atoms with Crippen LogP contribution in [0.5, 0.6) is 5.75 Å². The molecule has 3 rings (SSSR count). The maximum absolute atomic E-state index is 11.0. The van der Waals surface area contributed by atoms with Crippen LogP contribution < -0.4 is 10.1 Å². The molecule has 0 unspecified atom stereocenters. The first-order chi connectivity index (χ1) is 12.2. The largest absolute Gasteiger partial charge is 0.494 e. The van der Waals surface area contributed by atoms with Gasteiger partial charge in [0, 0.05) is 30.8 Å². The van der Waals surface area contributed by atoms with E-state index in [1.54, 1.807) is 12.1 Å². The average Bonchev–Trinajstić information content (AvgIpc) is 2.63. The van der Waals surface area contributed by atoms with Crippen LogP contribution in [0.1, 0.15) is 18.1 Å². The third-order valence-corrected chi connectivity index (χ3v) is 4.01. The van der Waals surface area contributed by atoms with Gasteiger partial charge in [0.1, 0.15) is 5.75 Å². The molecule has 0 heterocycles. The molecule has 128 valence electrons. The fourth-order valence-corrected chi connectivity index (χ4v) is 2.80. The topological polar surface area (TPSA) is 64.4 Å². The van der Waals surface area contributed by atoms with Crippen LogP contribution >= 0.6 is 0 Å². The number of nitro groups is 1. The van der Waals surface area contributed by atoms with Crippen molar-refractivity contribution in [3.8, 4) is 5.75 Å². The van der Waals surface area contributed by atoms with Crippen LogP contribution in [0.15, 0.2) is 60.7 Å². The van der Waals surface area contributed by atoms with Crippen molar-refractivity contribution in [2.75, 3.05) is 6.61 Å². The molecule has 0 aliphatic rings. The molecule has 0 aliphatic heterocycles. The summed E-state index contributed by atoms with van der Waals surface area (Å²) in [5.74, 6) is 0.680. The zero-order valence-corrected chi connectivity index (χ0v) is 14.1. The van der Waals surface area contributed by atoms with Gasteiger partial charge in [-0.3, -0.25) is 10.1 Å². The monoisotopic (exact) mass is 336 g/mol. The number of rotatable bonds is 7. The molecular weight excluding hydrogens is 316 g/mol. The van der Waals surface area contributed by atoms with E-state index in [9.17, 15) is 10.1 Å². The first kappa shape index (κ1) is 16.9. The Kier molecular flexibility index (Phi) is 5.26. The van der Waals surface area contributed by atoms with E-state index in [2.05, 4.69) is 35.6 Å². The number of non-ortho nitro benzene ring substituents is 1. The van der Waals surface area contributed by atoms with Gasteiger partial charge < -0.3 is 10.1 Å². The van der Waals surface area contributed by atoms with Crippen LogP contribution in [0.25, 0.3) is 10.8 Å². The third-order valence-electron chi connectivity index (χ3n) is 4.01. The van der Waals surface area contributed by atoms with Gasteiger partial charge in [0.15, 0.2) is 0 Å². The lowest BCUT2D eigenvalue weighted by molar-refractivity contribution is -0.384. The van der Waals surface area contributed by atoms with Gasteiger partial charge in [-0.25, -0.2) is 0 Å². The van der Waals surface area contributed by atoms with Gasteiger partial charge in [-0.05, 0) is 35.4 Å². The molecule has 1 N–H and O–H groups in total. The number of ether oxygens (including phenoxy) is 1. The fourth-order valence-electron chi connectivity index (χ4n) is 2.80. The van der Waals surface area contributed by atoms with Gasteiger partial charge in [-0.2, -0.15) is 0 Å². The molecule has 0 atom stereocenters. The summed E-state index contributed by atoms with van der Waals surface area (Å²) in [4.78, 5) is 10.6. The number of fused-ring (bicyclic) bond motifs is 1. The molecule has 0 amide bonds. The van der Waals surface area contributed by atoms with Crippen molar-refractivity contribution < 1.29 is 9.66 Å². The van der Waals surface area contributed by atoms with Crippen molar-refractivity contribution in [3.05, 3.63) is 81.9 Å². The first-order valence-corrected chi connectivity index (χ1v) is 8.26. The standard InChI is InChI=1S/C20H20N2O3/c1-2-25-20-10-9-19(22(23)24)12-18(20)14-21-13-15-7-8-16-5-3-4-6-17(16)11-15/h3-12,21H,2,13-14H2,1H3. The number of nitrogens with one attached hydrogen (secondary N) is 1. The van der Waals surface area contributed by atoms with Crippen molar-refractivity contribution in [2.24, 2.45) is 0 Å². The maximum atomic E-state index is 11.0. The Balaban J connectivity index is 1.71. The minimum atomic E-state index is -0.386. The highest BCUT2D eigenvalue weighted by Crippen LogP contribution is 2.24. The SMILES string of the molecule is CCOc1ccc([N+](=O)[O-])cc1CNCc1ccc2ccccc2c1. The van der Waals surface area contributed by atoms with E-state index < -0.39 is 0 Å². The number of benzene rings is 3. The number of nitrogens with zero attached hydrogens (tertiary/aromatic N) is 1. The lowest BCUT2D eigenvalue weighted by atomic mass is 10.1. The first-order valence-electron chi connectivity index (χ1n) is 8.26. The van der Waals surface area contributed by atoms with Crippen molar-refractivity contribution in [1.82, 2.24) is 5.32 Å². The Labute approximate surface area is 146 Å². The van der Waals surface area contributed by atoms with E-state index >= 15 is 0 Å². The van der Waals surface area contributed by atoms with Crippen molar-refractivity contribution in [2.45, 2.75) is 20.0 Å². The molecule has 5 heteroatoms. The summed E-state index contributed by atoms with van der Waals surface area (Å²) in [5.41, 5.74) is 2.03. The van der Waals surface area contributed by atoms with E-state index in [0.717, 1.165) is 5.56 Å². The molecule has 25 heavy (non-hydrogen) atoms. The highest BCUT2D eigenvalue weighted by molar-refractivity contribution is 5.82. The molecule has 3 aromatic carbocycles. The van der Waals surface area contributed by atoms with Gasteiger partial charge in [0.05, 0.1) is 11.5 Å². The summed E-state index contributed by atoms with van der Waals surface area (Å²) in [7, 11) is 0. The zero-order valence-electron chi connectivity index (χ0n) is 14.1. The molecule has 0 aromatic heterocycles. The highest BCUT2D eigenvalue weighted by atomic mass is 16.6. The number of nitro benzene ring substituents is 1. The van der Waals surface area contributed by atoms with Crippen LogP contribution in [0.2, 0.25) is 0 Å². The summed E-state index contributed by atoms with van der Waals surface area (Å²) in [5, 5.41) is 16.7. The van der Waals surface area contributed by atoms with Crippen molar-refractivity contribution in [1.29, 1.82) is 0 Å². The second-order valence-corrected chi connectivity index (χ2v) is 5.77. The molecule has 5 nitrogen and oxygen atoms in total. The van der Waals surface area contributed by atoms with Crippen LogP contribution in [-0.2, 0) is 13.1 Å². The van der Waals surface area contributed by atoms with Crippen LogP contribution in [-0.4, -0.2) is 11.5 Å². The van der Waals surface area contributed by atoms with E-state index in [1.807, 2.05) is 19.1 Å². The molecule has 0 aliphatic carbocycles. The molecule has 0 bridgehead atoms. The molecule has 0 spiro atoms. The van der Waals surface area contributed by atoms with Gasteiger partial charge >= 0.3 is 0 Å². The van der Waals surface area contributed by atoms with Gasteiger partial charge in [0.2, 0.25) is 0 Å². The predicted molar refractivity (Wildman–Crippen MR) is 98.8 cm³/mol. The Morgan fingerprint density at radius 3 is 2.56 bits per heavy atom. The van der Waals surface area contributed by atoms with E-state index in [1.165, 1.54) is 22.4 Å². The van der Waals surface area contributed by atoms with Crippen LogP contribution in [0.4, 0.5) is 5.69 Å². The minimum Gasteiger partial charge on any atom is -0.494 e. The van der Waals surface area contributed by atoms with Crippen molar-refractivity contribution >= 4 is 16.5 Å². The Hall–Kier alpha value is -2.92. The summed E-state index contributed by atoms with van der Waals surface area (Å²) >= 11 is 0. The molecule has 0 saturated carbocycles. The summed E-state index contributed by atoms with van der Waals surface area (Å²) in [6.07, 6.45) is 0. The van der Waals surface area contributed by atoms with E-state index in [0.29, 0.717) is 25.4 Å². The predicted octanol–water partition coefficient (Wildman–Crippen LogP) is 4.44. The molecule has 0 radical (unpaired) electrons. The quantitative estimate of drug-likeness (QED) is 0.512. The Morgan fingerprint density at radius 1 is 1.00 bits per heavy atom. The maximum Gasteiger partial charge on any atom is 0.270 e. The smallest absolute Gasteiger partial charge is 0.270 e. The summed E-state index contributed by atoms with van der Waals surface area (Å²) in [6.45, 7) is 3.60. The van der Waals surface area contributed by atoms with Crippen LogP contribution in [0, 0.1) is 10.1 Å². The lowest BCUT2D eigenvalue weighted by Gasteiger charge is -2.11. The second kappa shape index (κ2) is 7.77. The Morgan fingerprint density at radius 2 is 1.80 bits per heavy atom. The van der Waals surface area contributed by atoms with Gasteiger partial charge in [-0.15, -0.1) is 0 Å². The molecule has 0 saturated heterocycles. The highest BCUT2D eigenvalue weighted by Gasteiger charge is 2.11. The lowest BCUT2D eigenvalue weighted by Crippen LogP contribution is -2.14. The van der Waals surface area contributed by atoms with E-state index in [-0.39, 0.29) is 10.6 Å². The minimum absolute atomic E-state index is 0.0750. The zero-order chi connectivity index (χ0) is 17.6. The van der Waals surface area contributed by atoms with Crippen molar-refractivity contribution in [3.63, 3.8) is 0 Å². The third kappa shape index (κ3) is 4.14. The normalized spacial score (nSPS) is 10.8. The fraction of sp³-hybridized carbons (Fsp3) is 0.200. The molecule has 3 aromatic rings. The second-order valence-electron chi connectivity index (χ2n) is 5.77. The molecule has 0 fully saturated rings. The Bertz CT molecular complexity index is 893. The average molecular weight is 336 g/mol.